The molecule has 0 aliphatic heterocycles. The second-order valence-corrected chi connectivity index (χ2v) is 2.63. The van der Waals surface area contributed by atoms with Crippen molar-refractivity contribution in [2.24, 2.45) is 14.1 Å². The van der Waals surface area contributed by atoms with Crippen LogP contribution in [0, 0.1) is 0 Å². The minimum absolute atomic E-state index is 0. The molecule has 0 amide bonds. The van der Waals surface area contributed by atoms with Gasteiger partial charge >= 0.3 is 0 Å². The maximum atomic E-state index is 4.22. The molecule has 0 atom stereocenters. The average molecular weight is 275 g/mol. The molecule has 4 heteroatoms. The van der Waals surface area contributed by atoms with Crippen molar-refractivity contribution in [2.75, 3.05) is 0 Å². The highest BCUT2D eigenvalue weighted by atomic mass is 127. The Kier molecular flexibility index (Phi) is 2.66. The second-order valence-electron chi connectivity index (χ2n) is 2.63. The van der Waals surface area contributed by atoms with Crippen LogP contribution in [-0.4, -0.2) is 9.90 Å². The maximum Gasteiger partial charge on any atom is 0.197 e. The molecular weight excluding hydrogens is 265 g/mol. The monoisotopic (exact) mass is 275 g/mol. The number of fused-ring (bicyclic) bond motifs is 1. The van der Waals surface area contributed by atoms with Crippen LogP contribution < -0.4 is 28.7 Å². The number of aromatic nitrogens is 3. The van der Waals surface area contributed by atoms with Gasteiger partial charge in [-0.2, -0.15) is 0 Å². The summed E-state index contributed by atoms with van der Waals surface area (Å²) in [6.07, 6.45) is 0. The molecule has 1 aromatic carbocycles. The summed E-state index contributed by atoms with van der Waals surface area (Å²) in [5, 5.41) is 4.22. The fourth-order valence-corrected chi connectivity index (χ4v) is 1.31. The van der Waals surface area contributed by atoms with Crippen LogP contribution in [-0.2, 0) is 14.1 Å². The van der Waals surface area contributed by atoms with E-state index in [2.05, 4.69) is 17.3 Å². The predicted octanol–water partition coefficient (Wildman–Crippen LogP) is -2.60. The number of hydrogen-bond acceptors (Lipinski definition) is 1. The van der Waals surface area contributed by atoms with Crippen molar-refractivity contribution in [3.05, 3.63) is 24.3 Å². The van der Waals surface area contributed by atoms with Crippen LogP contribution in [0.5, 0.6) is 0 Å². The van der Waals surface area contributed by atoms with Gasteiger partial charge in [0.05, 0.1) is 5.21 Å². The first-order valence-electron chi connectivity index (χ1n) is 3.57. The van der Waals surface area contributed by atoms with Crippen LogP contribution in [0.2, 0.25) is 0 Å². The highest BCUT2D eigenvalue weighted by Gasteiger charge is 2.09. The zero-order valence-corrected chi connectivity index (χ0v) is 9.19. The smallest absolute Gasteiger partial charge is 0.197 e. The largest absolute Gasteiger partial charge is 1.00 e. The first-order valence-corrected chi connectivity index (χ1v) is 3.57. The molecule has 0 aliphatic carbocycles. The Morgan fingerprint density at radius 3 is 2.67 bits per heavy atom. The number of benzene rings is 1. The number of aryl methyl sites for hydroxylation is 2. The van der Waals surface area contributed by atoms with Crippen molar-refractivity contribution >= 4 is 11.0 Å². The first kappa shape index (κ1) is 9.44. The van der Waals surface area contributed by atoms with Gasteiger partial charge in [-0.15, -0.1) is 9.36 Å². The van der Waals surface area contributed by atoms with Crippen LogP contribution in [0.25, 0.3) is 11.0 Å². The summed E-state index contributed by atoms with van der Waals surface area (Å²) in [6, 6.07) is 8.15. The first-order chi connectivity index (χ1) is 5.29. The summed E-state index contributed by atoms with van der Waals surface area (Å²) < 4.78 is 3.74. The Morgan fingerprint density at radius 1 is 1.33 bits per heavy atom. The molecule has 0 saturated carbocycles. The van der Waals surface area contributed by atoms with Gasteiger partial charge in [-0.1, -0.05) is 12.1 Å². The van der Waals surface area contributed by atoms with Crippen LogP contribution in [0.4, 0.5) is 0 Å². The van der Waals surface area contributed by atoms with Gasteiger partial charge in [0.1, 0.15) is 14.1 Å². The van der Waals surface area contributed by atoms with Crippen molar-refractivity contribution in [2.45, 2.75) is 0 Å². The quantitative estimate of drug-likeness (QED) is 0.382. The van der Waals surface area contributed by atoms with Crippen molar-refractivity contribution < 1.29 is 28.7 Å². The summed E-state index contributed by atoms with van der Waals surface area (Å²) >= 11 is 0. The molecule has 0 N–H and O–H groups in total. The highest BCUT2D eigenvalue weighted by Crippen LogP contribution is 2.05. The van der Waals surface area contributed by atoms with Crippen molar-refractivity contribution in [1.29, 1.82) is 0 Å². The summed E-state index contributed by atoms with van der Waals surface area (Å²) in [5.41, 5.74) is 2.32. The number of rotatable bonds is 0. The predicted molar refractivity (Wildman–Crippen MR) is 41.9 cm³/mol. The van der Waals surface area contributed by atoms with Gasteiger partial charge < -0.3 is 24.0 Å². The molecule has 0 radical (unpaired) electrons. The van der Waals surface area contributed by atoms with E-state index in [4.69, 9.17) is 0 Å². The molecule has 1 aromatic heterocycles. The van der Waals surface area contributed by atoms with Crippen LogP contribution in [0.3, 0.4) is 0 Å². The number of nitrogens with zero attached hydrogens (tertiary/aromatic N) is 3. The van der Waals surface area contributed by atoms with E-state index < -0.39 is 0 Å². The Labute approximate surface area is 88.0 Å². The van der Waals surface area contributed by atoms with E-state index in [1.165, 1.54) is 0 Å². The van der Waals surface area contributed by atoms with E-state index >= 15 is 0 Å². The Morgan fingerprint density at radius 2 is 2.00 bits per heavy atom. The molecule has 1 heterocycles. The van der Waals surface area contributed by atoms with Crippen molar-refractivity contribution in [1.82, 2.24) is 9.90 Å². The third-order valence-corrected chi connectivity index (χ3v) is 1.85. The summed E-state index contributed by atoms with van der Waals surface area (Å²) in [7, 11) is 3.89. The van der Waals surface area contributed by atoms with Gasteiger partial charge in [0, 0.05) is 0 Å². The lowest BCUT2D eigenvalue weighted by molar-refractivity contribution is -0.708. The fourth-order valence-electron chi connectivity index (χ4n) is 1.31. The molecule has 0 fully saturated rings. The second kappa shape index (κ2) is 3.38. The van der Waals surface area contributed by atoms with E-state index in [1.807, 2.05) is 35.6 Å². The summed E-state index contributed by atoms with van der Waals surface area (Å²) in [4.78, 5) is 0. The van der Waals surface area contributed by atoms with Crippen LogP contribution in [0.1, 0.15) is 0 Å². The van der Waals surface area contributed by atoms with E-state index in [-0.39, 0.29) is 24.0 Å². The van der Waals surface area contributed by atoms with Gasteiger partial charge in [0.25, 0.3) is 0 Å². The van der Waals surface area contributed by atoms with Gasteiger partial charge in [-0.05, 0) is 12.1 Å². The van der Waals surface area contributed by atoms with Gasteiger partial charge in [0.15, 0.2) is 11.0 Å². The third-order valence-electron chi connectivity index (χ3n) is 1.85. The zero-order valence-electron chi connectivity index (χ0n) is 7.03. The van der Waals surface area contributed by atoms with Crippen molar-refractivity contribution in [3.63, 3.8) is 0 Å². The Balaban J connectivity index is 0.000000720. The van der Waals surface area contributed by atoms with E-state index in [9.17, 15) is 0 Å². The number of para-hydroxylation sites is 2. The lowest BCUT2D eigenvalue weighted by Gasteiger charge is -1.81. The minimum Gasteiger partial charge on any atom is -1.00 e. The molecule has 0 bridgehead atoms. The van der Waals surface area contributed by atoms with E-state index in [1.54, 1.807) is 0 Å². The molecule has 64 valence electrons. The molecular formula is C8H10IN3. The molecule has 2 rings (SSSR count). The lowest BCUT2D eigenvalue weighted by atomic mass is 10.3. The third kappa shape index (κ3) is 1.31. The maximum absolute atomic E-state index is 4.22. The molecule has 0 spiro atoms. The molecule has 3 nitrogen and oxygen atoms in total. The molecule has 0 aliphatic rings. The summed E-state index contributed by atoms with van der Waals surface area (Å²) in [6.45, 7) is 0. The molecule has 2 aromatic rings. The fraction of sp³-hybridized carbons (Fsp3) is 0.250. The standard InChI is InChI=1S/C8H10N3.HI/c1-10-7-5-3-4-6-8(7)11(2)9-10;/h3-6H,1-2H3;1H/q+1;/p-1. The van der Waals surface area contributed by atoms with Gasteiger partial charge in [-0.3, -0.25) is 0 Å². The van der Waals surface area contributed by atoms with Gasteiger partial charge in [0.2, 0.25) is 0 Å². The van der Waals surface area contributed by atoms with Crippen LogP contribution in [0.15, 0.2) is 24.3 Å². The number of halogens is 1. The molecule has 0 saturated heterocycles. The van der Waals surface area contributed by atoms with Crippen LogP contribution >= 0.6 is 0 Å². The van der Waals surface area contributed by atoms with E-state index in [0.29, 0.717) is 0 Å². The Hall–Kier alpha value is -0.650. The average Bonchev–Trinajstić information content (AvgIpc) is 2.30. The van der Waals surface area contributed by atoms with Gasteiger partial charge in [-0.25, -0.2) is 0 Å². The normalized spacial score (nSPS) is 9.83. The summed E-state index contributed by atoms with van der Waals surface area (Å²) in [5.74, 6) is 0. The topological polar surface area (TPSA) is 21.7 Å². The highest BCUT2D eigenvalue weighted by molar-refractivity contribution is 5.70. The minimum atomic E-state index is 0. The molecule has 0 unspecified atom stereocenters. The SMILES string of the molecule is Cn1n[n+](C)c2ccccc21.[I-]. The van der Waals surface area contributed by atoms with E-state index in [0.717, 1.165) is 11.0 Å². The molecule has 12 heavy (non-hydrogen) atoms. The number of hydrogen-bond donors (Lipinski definition) is 0. The Bertz CT molecular complexity index is 358. The lowest BCUT2D eigenvalue weighted by Crippen LogP contribution is -3.00. The zero-order chi connectivity index (χ0) is 7.84. The van der Waals surface area contributed by atoms with Crippen molar-refractivity contribution in [3.8, 4) is 0 Å².